The van der Waals surface area contributed by atoms with E-state index in [1.165, 1.54) is 49.6 Å². The quantitative estimate of drug-likeness (QED) is 0.517. The third-order valence-corrected chi connectivity index (χ3v) is 4.19. The number of anilines is 1. The number of ether oxygens (including phenoxy) is 2. The number of rotatable bonds is 5. The Morgan fingerprint density at radius 1 is 0.931 bits per heavy atom. The van der Waals surface area contributed by atoms with Crippen LogP contribution in [0.4, 0.5) is 18.9 Å². The summed E-state index contributed by atoms with van der Waals surface area (Å²) in [5.41, 5.74) is -0.748. The molecule has 0 saturated carbocycles. The van der Waals surface area contributed by atoms with Gasteiger partial charge in [-0.2, -0.15) is 13.2 Å². The van der Waals surface area contributed by atoms with Gasteiger partial charge in [-0.15, -0.1) is 0 Å². The van der Waals surface area contributed by atoms with Crippen LogP contribution in [0.15, 0.2) is 66.7 Å². The van der Waals surface area contributed by atoms with E-state index >= 15 is 0 Å². The van der Waals surface area contributed by atoms with Gasteiger partial charge in [0.25, 0.3) is 5.91 Å². The van der Waals surface area contributed by atoms with Crippen LogP contribution < -0.4 is 14.8 Å². The molecule has 0 saturated heterocycles. The van der Waals surface area contributed by atoms with Crippen molar-refractivity contribution in [1.29, 1.82) is 0 Å². The zero-order chi connectivity index (χ0) is 21.0. The molecular formula is C21H15ClF3NO3. The largest absolute Gasteiger partial charge is 0.497 e. The van der Waals surface area contributed by atoms with Gasteiger partial charge in [0, 0.05) is 16.3 Å². The normalized spacial score (nSPS) is 11.1. The van der Waals surface area contributed by atoms with E-state index in [0.29, 0.717) is 10.8 Å². The van der Waals surface area contributed by atoms with Crippen molar-refractivity contribution in [2.24, 2.45) is 0 Å². The predicted molar refractivity (Wildman–Crippen MR) is 104 cm³/mol. The van der Waals surface area contributed by atoms with E-state index in [9.17, 15) is 18.0 Å². The van der Waals surface area contributed by atoms with Gasteiger partial charge in [-0.1, -0.05) is 11.6 Å². The number of methoxy groups -OCH3 is 1. The van der Waals surface area contributed by atoms with Gasteiger partial charge < -0.3 is 14.8 Å². The summed E-state index contributed by atoms with van der Waals surface area (Å²) in [5, 5.41) is 2.89. The van der Waals surface area contributed by atoms with Crippen LogP contribution in [0.5, 0.6) is 17.2 Å². The summed E-state index contributed by atoms with van der Waals surface area (Å²) in [7, 11) is 1.49. The second-order valence-electron chi connectivity index (χ2n) is 5.95. The Labute approximate surface area is 169 Å². The monoisotopic (exact) mass is 421 g/mol. The van der Waals surface area contributed by atoms with Crippen LogP contribution in [0.2, 0.25) is 5.02 Å². The van der Waals surface area contributed by atoms with Crippen LogP contribution in [0, 0.1) is 0 Å². The van der Waals surface area contributed by atoms with Crippen LogP contribution in [-0.4, -0.2) is 13.0 Å². The first-order valence-corrected chi connectivity index (χ1v) is 8.74. The van der Waals surface area contributed by atoms with Crippen molar-refractivity contribution in [1.82, 2.24) is 0 Å². The summed E-state index contributed by atoms with van der Waals surface area (Å²) >= 11 is 5.77. The van der Waals surface area contributed by atoms with Gasteiger partial charge in [-0.05, 0) is 66.7 Å². The minimum absolute atomic E-state index is 0.0124. The molecule has 3 rings (SSSR count). The predicted octanol–water partition coefficient (Wildman–Crippen LogP) is 6.41. The van der Waals surface area contributed by atoms with E-state index in [-0.39, 0.29) is 22.7 Å². The van der Waals surface area contributed by atoms with Gasteiger partial charge in [-0.3, -0.25) is 4.79 Å². The molecule has 0 radical (unpaired) electrons. The van der Waals surface area contributed by atoms with Gasteiger partial charge in [0.1, 0.15) is 22.8 Å². The molecule has 8 heteroatoms. The minimum atomic E-state index is -4.68. The summed E-state index contributed by atoms with van der Waals surface area (Å²) in [4.78, 5) is 12.3. The fraction of sp³-hybridized carbons (Fsp3) is 0.0952. The van der Waals surface area contributed by atoms with Gasteiger partial charge in [-0.25, -0.2) is 0 Å². The smallest absolute Gasteiger partial charge is 0.420 e. The van der Waals surface area contributed by atoms with E-state index in [2.05, 4.69) is 5.32 Å². The van der Waals surface area contributed by atoms with Crippen molar-refractivity contribution in [2.45, 2.75) is 6.18 Å². The number of carbonyl (C=O) groups excluding carboxylic acids is 1. The average Bonchev–Trinajstić information content (AvgIpc) is 2.70. The molecule has 0 unspecified atom stereocenters. The SMILES string of the molecule is COc1ccc(C(=O)Nc2ccc(Oc3ccc(Cl)cc3)c(C(F)(F)F)c2)cc1. The number of alkyl halides is 3. The van der Waals surface area contributed by atoms with E-state index in [1.54, 1.807) is 12.1 Å². The summed E-state index contributed by atoms with van der Waals surface area (Å²) in [5.74, 6) is -0.172. The summed E-state index contributed by atoms with van der Waals surface area (Å²) < 4.78 is 50.9. The summed E-state index contributed by atoms with van der Waals surface area (Å²) in [6.07, 6.45) is -4.68. The highest BCUT2D eigenvalue weighted by Gasteiger charge is 2.35. The lowest BCUT2D eigenvalue weighted by atomic mass is 10.1. The first kappa shape index (κ1) is 20.5. The van der Waals surface area contributed by atoms with Crippen LogP contribution in [0.25, 0.3) is 0 Å². The highest BCUT2D eigenvalue weighted by atomic mass is 35.5. The molecule has 0 heterocycles. The lowest BCUT2D eigenvalue weighted by Crippen LogP contribution is -2.13. The van der Waals surface area contributed by atoms with Gasteiger partial charge in [0.05, 0.1) is 7.11 Å². The fourth-order valence-corrected chi connectivity index (χ4v) is 2.62. The van der Waals surface area contributed by atoms with Crippen molar-refractivity contribution in [3.05, 3.63) is 82.9 Å². The van der Waals surface area contributed by atoms with E-state index in [1.807, 2.05) is 0 Å². The van der Waals surface area contributed by atoms with Gasteiger partial charge in [0.2, 0.25) is 0 Å². The number of hydrogen-bond acceptors (Lipinski definition) is 3. The Morgan fingerprint density at radius 3 is 2.14 bits per heavy atom. The molecule has 150 valence electrons. The van der Waals surface area contributed by atoms with Gasteiger partial charge in [0.15, 0.2) is 0 Å². The van der Waals surface area contributed by atoms with E-state index in [4.69, 9.17) is 21.1 Å². The number of benzene rings is 3. The van der Waals surface area contributed by atoms with Crippen LogP contribution >= 0.6 is 11.6 Å². The summed E-state index contributed by atoms with van der Waals surface area (Å²) in [6, 6.07) is 15.4. The zero-order valence-corrected chi connectivity index (χ0v) is 15.8. The lowest BCUT2D eigenvalue weighted by molar-refractivity contribution is -0.138. The Balaban J connectivity index is 1.84. The third kappa shape index (κ3) is 5.20. The van der Waals surface area contributed by atoms with Crippen molar-refractivity contribution < 1.29 is 27.4 Å². The molecule has 0 spiro atoms. The Kier molecular flexibility index (Phi) is 5.98. The maximum atomic E-state index is 13.5. The molecule has 1 N–H and O–H groups in total. The second-order valence-corrected chi connectivity index (χ2v) is 6.38. The molecule has 0 aliphatic heterocycles. The molecule has 4 nitrogen and oxygen atoms in total. The highest BCUT2D eigenvalue weighted by molar-refractivity contribution is 6.30. The van der Waals surface area contributed by atoms with Crippen molar-refractivity contribution >= 4 is 23.2 Å². The van der Waals surface area contributed by atoms with E-state index < -0.39 is 17.6 Å². The Morgan fingerprint density at radius 2 is 1.55 bits per heavy atom. The molecule has 0 aliphatic rings. The second kappa shape index (κ2) is 8.45. The maximum Gasteiger partial charge on any atom is 0.420 e. The molecule has 0 aromatic heterocycles. The van der Waals surface area contributed by atoms with Crippen LogP contribution in [0.3, 0.4) is 0 Å². The Bertz CT molecular complexity index is 1000. The number of amides is 1. The Hall–Kier alpha value is -3.19. The molecule has 0 bridgehead atoms. The fourth-order valence-electron chi connectivity index (χ4n) is 2.49. The first-order valence-electron chi connectivity index (χ1n) is 8.36. The lowest BCUT2D eigenvalue weighted by Gasteiger charge is -2.16. The third-order valence-electron chi connectivity index (χ3n) is 3.94. The van der Waals surface area contributed by atoms with Crippen molar-refractivity contribution in [2.75, 3.05) is 12.4 Å². The van der Waals surface area contributed by atoms with Crippen LogP contribution in [-0.2, 0) is 6.18 Å². The molecule has 29 heavy (non-hydrogen) atoms. The average molecular weight is 422 g/mol. The van der Waals surface area contributed by atoms with E-state index in [0.717, 1.165) is 12.1 Å². The molecule has 3 aromatic rings. The molecule has 0 fully saturated rings. The van der Waals surface area contributed by atoms with Crippen molar-refractivity contribution in [3.63, 3.8) is 0 Å². The standard InChI is InChI=1S/C21H15ClF3NO3/c1-28-16-7-2-13(3-8-16)20(27)26-15-6-11-19(18(12-15)21(23,24)25)29-17-9-4-14(22)5-10-17/h2-12H,1H3,(H,26,27). The number of nitrogens with one attached hydrogen (secondary N) is 1. The number of halogens is 4. The maximum absolute atomic E-state index is 13.5. The highest BCUT2D eigenvalue weighted by Crippen LogP contribution is 2.40. The van der Waals surface area contributed by atoms with Crippen molar-refractivity contribution in [3.8, 4) is 17.2 Å². The number of carbonyl (C=O) groups is 1. The molecule has 1 amide bonds. The minimum Gasteiger partial charge on any atom is -0.497 e. The topological polar surface area (TPSA) is 47.6 Å². The molecular weight excluding hydrogens is 407 g/mol. The first-order chi connectivity index (χ1) is 13.8. The molecule has 3 aromatic carbocycles. The zero-order valence-electron chi connectivity index (χ0n) is 15.1. The summed E-state index contributed by atoms with van der Waals surface area (Å²) in [6.45, 7) is 0. The number of hydrogen-bond donors (Lipinski definition) is 1. The molecule has 0 aliphatic carbocycles. The van der Waals surface area contributed by atoms with Crippen LogP contribution in [0.1, 0.15) is 15.9 Å². The molecule has 0 atom stereocenters. The van der Waals surface area contributed by atoms with Gasteiger partial charge >= 0.3 is 6.18 Å².